The van der Waals surface area contributed by atoms with E-state index in [4.69, 9.17) is 9.84 Å². The number of aliphatic carboxylic acids is 1. The number of hydrogen-bond donors (Lipinski definition) is 2. The molecule has 0 radical (unpaired) electrons. The summed E-state index contributed by atoms with van der Waals surface area (Å²) in [5, 5.41) is 18.7. The Balaban J connectivity index is 4.47. The Hall–Kier alpha value is -0.610. The summed E-state index contributed by atoms with van der Waals surface area (Å²) >= 11 is 0. The predicted molar refractivity (Wildman–Crippen MR) is 48.5 cm³/mol. The number of hydrogen-bond acceptors (Lipinski definition) is 3. The second kappa shape index (κ2) is 5.19. The highest BCUT2D eigenvalue weighted by molar-refractivity contribution is 5.77. The van der Waals surface area contributed by atoms with E-state index in [1.807, 2.05) is 6.92 Å². The Morgan fingerprint density at radius 1 is 1.62 bits per heavy atom. The number of ether oxygens (including phenoxy) is 1. The summed E-state index contributed by atoms with van der Waals surface area (Å²) in [5.41, 5.74) is -1.65. The van der Waals surface area contributed by atoms with Crippen molar-refractivity contribution >= 4 is 5.97 Å². The molecule has 2 atom stereocenters. The quantitative estimate of drug-likeness (QED) is 0.652. The molecule has 13 heavy (non-hydrogen) atoms. The van der Waals surface area contributed by atoms with Gasteiger partial charge in [-0.05, 0) is 6.42 Å². The number of rotatable bonds is 6. The number of carboxylic acids is 1. The van der Waals surface area contributed by atoms with Gasteiger partial charge in [-0.1, -0.05) is 20.3 Å². The number of carboxylic acid groups (broad SMARTS) is 1. The number of methoxy groups -OCH3 is 1. The average Bonchev–Trinajstić information content (AvgIpc) is 2.04. The van der Waals surface area contributed by atoms with Crippen LogP contribution in [0.25, 0.3) is 0 Å². The lowest BCUT2D eigenvalue weighted by Gasteiger charge is -2.29. The molecule has 0 aliphatic carbocycles. The van der Waals surface area contributed by atoms with Crippen molar-refractivity contribution in [2.75, 3.05) is 13.7 Å². The van der Waals surface area contributed by atoms with E-state index >= 15 is 0 Å². The van der Waals surface area contributed by atoms with E-state index in [0.717, 1.165) is 0 Å². The summed E-state index contributed by atoms with van der Waals surface area (Å²) in [7, 11) is 1.49. The summed E-state index contributed by atoms with van der Waals surface area (Å²) in [5.74, 6) is -1.56. The third-order valence-corrected chi connectivity index (χ3v) is 2.23. The molecule has 4 nitrogen and oxygen atoms in total. The predicted octanol–water partition coefficient (Wildman–Crippen LogP) is 0.885. The van der Waals surface area contributed by atoms with Gasteiger partial charge in [0.05, 0.1) is 6.61 Å². The second-order valence-electron chi connectivity index (χ2n) is 3.34. The van der Waals surface area contributed by atoms with Crippen LogP contribution in [0, 0.1) is 5.92 Å². The first-order valence-corrected chi connectivity index (χ1v) is 4.43. The van der Waals surface area contributed by atoms with E-state index in [2.05, 4.69) is 0 Å². The second-order valence-corrected chi connectivity index (χ2v) is 3.34. The van der Waals surface area contributed by atoms with Crippen LogP contribution in [0.4, 0.5) is 0 Å². The van der Waals surface area contributed by atoms with Crippen LogP contribution in [0.3, 0.4) is 0 Å². The molecule has 0 amide bonds. The Morgan fingerprint density at radius 2 is 2.15 bits per heavy atom. The van der Waals surface area contributed by atoms with Crippen molar-refractivity contribution in [1.29, 1.82) is 0 Å². The van der Waals surface area contributed by atoms with E-state index < -0.39 is 17.5 Å². The number of aliphatic hydroxyl groups is 1. The molecule has 0 heterocycles. The molecule has 0 saturated heterocycles. The van der Waals surface area contributed by atoms with Gasteiger partial charge < -0.3 is 14.9 Å². The van der Waals surface area contributed by atoms with Crippen molar-refractivity contribution < 1.29 is 19.7 Å². The minimum atomic E-state index is -1.65. The molecular formula is C9H18O4. The van der Waals surface area contributed by atoms with E-state index in [1.165, 1.54) is 7.11 Å². The summed E-state index contributed by atoms with van der Waals surface area (Å²) < 4.78 is 4.82. The Bertz CT molecular complexity index is 169. The molecule has 0 bridgehead atoms. The van der Waals surface area contributed by atoms with Crippen LogP contribution in [-0.4, -0.2) is 35.5 Å². The van der Waals surface area contributed by atoms with Gasteiger partial charge in [-0.25, -0.2) is 4.79 Å². The Labute approximate surface area is 78.5 Å². The molecule has 2 N–H and O–H groups in total. The molecule has 4 heteroatoms. The molecule has 0 rings (SSSR count). The van der Waals surface area contributed by atoms with Crippen LogP contribution in [0.15, 0.2) is 0 Å². The lowest BCUT2D eigenvalue weighted by molar-refractivity contribution is -0.167. The first-order valence-electron chi connectivity index (χ1n) is 4.43. The maximum atomic E-state index is 10.8. The van der Waals surface area contributed by atoms with Gasteiger partial charge in [0.1, 0.15) is 0 Å². The van der Waals surface area contributed by atoms with Crippen LogP contribution in [0.1, 0.15) is 26.7 Å². The summed E-state index contributed by atoms with van der Waals surface area (Å²) in [6.07, 6.45) is 0.893. The smallest absolute Gasteiger partial charge is 0.336 e. The van der Waals surface area contributed by atoms with E-state index in [9.17, 15) is 9.90 Å². The lowest BCUT2D eigenvalue weighted by atomic mass is 9.85. The third kappa shape index (κ3) is 2.97. The Kier molecular flexibility index (Phi) is 4.95. The van der Waals surface area contributed by atoms with Crippen molar-refractivity contribution in [2.24, 2.45) is 5.92 Å². The summed E-state index contributed by atoms with van der Waals surface area (Å²) in [6.45, 7) is 3.77. The van der Waals surface area contributed by atoms with Crippen LogP contribution >= 0.6 is 0 Å². The maximum Gasteiger partial charge on any atom is 0.336 e. The van der Waals surface area contributed by atoms with E-state index in [0.29, 0.717) is 6.42 Å². The van der Waals surface area contributed by atoms with Crippen LogP contribution in [0.2, 0.25) is 0 Å². The fourth-order valence-corrected chi connectivity index (χ4v) is 1.33. The SMILES string of the molecule is CCCC(O)(C(=O)O)C(C)COC. The van der Waals surface area contributed by atoms with Gasteiger partial charge in [-0.15, -0.1) is 0 Å². The minimum absolute atomic E-state index is 0.253. The topological polar surface area (TPSA) is 66.8 Å². The highest BCUT2D eigenvalue weighted by Gasteiger charge is 2.40. The average molecular weight is 190 g/mol. The van der Waals surface area contributed by atoms with Gasteiger partial charge >= 0.3 is 5.97 Å². The Morgan fingerprint density at radius 3 is 2.46 bits per heavy atom. The molecule has 78 valence electrons. The number of carbonyl (C=O) groups is 1. The first kappa shape index (κ1) is 12.4. The maximum absolute atomic E-state index is 10.8. The minimum Gasteiger partial charge on any atom is -0.479 e. The summed E-state index contributed by atoms with van der Waals surface area (Å²) in [6, 6.07) is 0. The molecule has 2 unspecified atom stereocenters. The van der Waals surface area contributed by atoms with E-state index in [1.54, 1.807) is 6.92 Å². The molecule has 0 aromatic carbocycles. The van der Waals surface area contributed by atoms with Gasteiger partial charge in [-0.3, -0.25) is 0 Å². The monoisotopic (exact) mass is 190 g/mol. The normalized spacial score (nSPS) is 17.8. The van der Waals surface area contributed by atoms with Crippen molar-refractivity contribution in [2.45, 2.75) is 32.3 Å². The van der Waals surface area contributed by atoms with Crippen molar-refractivity contribution in [3.8, 4) is 0 Å². The highest BCUT2D eigenvalue weighted by atomic mass is 16.5. The van der Waals surface area contributed by atoms with Gasteiger partial charge in [0.25, 0.3) is 0 Å². The molecule has 0 aromatic heterocycles. The first-order chi connectivity index (χ1) is 5.99. The van der Waals surface area contributed by atoms with Crippen LogP contribution in [0.5, 0.6) is 0 Å². The third-order valence-electron chi connectivity index (χ3n) is 2.23. The zero-order valence-electron chi connectivity index (χ0n) is 8.41. The van der Waals surface area contributed by atoms with Gasteiger partial charge in [0.2, 0.25) is 0 Å². The van der Waals surface area contributed by atoms with E-state index in [-0.39, 0.29) is 13.0 Å². The van der Waals surface area contributed by atoms with Gasteiger partial charge in [-0.2, -0.15) is 0 Å². The lowest BCUT2D eigenvalue weighted by Crippen LogP contribution is -2.46. The van der Waals surface area contributed by atoms with Gasteiger partial charge in [0.15, 0.2) is 5.60 Å². The van der Waals surface area contributed by atoms with Crippen LogP contribution in [-0.2, 0) is 9.53 Å². The molecule has 0 spiro atoms. The fourth-order valence-electron chi connectivity index (χ4n) is 1.33. The van der Waals surface area contributed by atoms with Crippen molar-refractivity contribution in [1.82, 2.24) is 0 Å². The zero-order valence-corrected chi connectivity index (χ0v) is 8.41. The standard InChI is InChI=1S/C9H18O4/c1-4-5-9(12,8(10)11)7(2)6-13-3/h7,12H,4-6H2,1-3H3,(H,10,11). The molecule has 0 aliphatic rings. The van der Waals surface area contributed by atoms with Crippen molar-refractivity contribution in [3.05, 3.63) is 0 Å². The summed E-state index contributed by atoms with van der Waals surface area (Å²) in [4.78, 5) is 10.8. The largest absolute Gasteiger partial charge is 0.479 e. The zero-order chi connectivity index (χ0) is 10.5. The molecule has 0 aliphatic heterocycles. The molecule has 0 saturated carbocycles. The fraction of sp³-hybridized carbons (Fsp3) is 0.889. The molecular weight excluding hydrogens is 172 g/mol. The van der Waals surface area contributed by atoms with Crippen LogP contribution < -0.4 is 0 Å². The van der Waals surface area contributed by atoms with Crippen molar-refractivity contribution in [3.63, 3.8) is 0 Å². The highest BCUT2D eigenvalue weighted by Crippen LogP contribution is 2.23. The molecule has 0 aromatic rings. The van der Waals surface area contributed by atoms with Gasteiger partial charge in [0, 0.05) is 13.0 Å². The molecule has 0 fully saturated rings.